The van der Waals surface area contributed by atoms with Crippen molar-refractivity contribution in [3.63, 3.8) is 0 Å². The molecule has 20 heavy (non-hydrogen) atoms. The van der Waals surface area contributed by atoms with Gasteiger partial charge in [0.05, 0.1) is 24.3 Å². The fourth-order valence-electron chi connectivity index (χ4n) is 3.11. The van der Waals surface area contributed by atoms with Crippen LogP contribution in [0, 0.1) is 0 Å². The normalized spacial score (nSPS) is 25.6. The highest BCUT2D eigenvalue weighted by molar-refractivity contribution is 5.68. The van der Waals surface area contributed by atoms with E-state index in [0.717, 1.165) is 25.9 Å². The van der Waals surface area contributed by atoms with Crippen molar-refractivity contribution in [3.8, 4) is 0 Å². The second-order valence-electron chi connectivity index (χ2n) is 7.63. The molecule has 5 nitrogen and oxygen atoms in total. The summed E-state index contributed by atoms with van der Waals surface area (Å²) in [5, 5.41) is 3.35. The van der Waals surface area contributed by atoms with Gasteiger partial charge in [-0.05, 0) is 60.5 Å². The van der Waals surface area contributed by atoms with E-state index in [2.05, 4.69) is 5.32 Å². The van der Waals surface area contributed by atoms with Gasteiger partial charge in [-0.3, -0.25) is 0 Å². The number of nitrogens with zero attached hydrogens (tertiary/aromatic N) is 1. The van der Waals surface area contributed by atoms with Gasteiger partial charge in [-0.1, -0.05) is 0 Å². The van der Waals surface area contributed by atoms with Crippen molar-refractivity contribution in [2.24, 2.45) is 0 Å². The van der Waals surface area contributed by atoms with Gasteiger partial charge in [0.1, 0.15) is 5.60 Å². The largest absolute Gasteiger partial charge is 0.444 e. The molecule has 2 saturated heterocycles. The summed E-state index contributed by atoms with van der Waals surface area (Å²) in [7, 11) is 0. The summed E-state index contributed by atoms with van der Waals surface area (Å²) in [6.07, 6.45) is 1.65. The van der Waals surface area contributed by atoms with Crippen molar-refractivity contribution in [1.29, 1.82) is 0 Å². The van der Waals surface area contributed by atoms with E-state index >= 15 is 0 Å². The Balaban J connectivity index is 2.11. The second-order valence-corrected chi connectivity index (χ2v) is 7.63. The maximum Gasteiger partial charge on any atom is 0.410 e. The number of carbonyl (C=O) groups excluding carboxylic acids is 1. The Kier molecular flexibility index (Phi) is 4.04. The topological polar surface area (TPSA) is 50.8 Å². The van der Waals surface area contributed by atoms with Crippen LogP contribution in [0.4, 0.5) is 4.79 Å². The molecule has 0 bridgehead atoms. The van der Waals surface area contributed by atoms with E-state index in [0.29, 0.717) is 13.1 Å². The van der Waals surface area contributed by atoms with Crippen LogP contribution in [0.5, 0.6) is 0 Å². The monoisotopic (exact) mass is 284 g/mol. The molecule has 1 N–H and O–H groups in total. The first-order valence-corrected chi connectivity index (χ1v) is 7.50. The van der Waals surface area contributed by atoms with E-state index < -0.39 is 5.60 Å². The van der Waals surface area contributed by atoms with Gasteiger partial charge < -0.3 is 19.7 Å². The minimum atomic E-state index is -0.458. The number of piperidine rings is 1. The molecule has 0 aromatic heterocycles. The summed E-state index contributed by atoms with van der Waals surface area (Å²) in [5.41, 5.74) is -1.00. The molecule has 0 unspecified atom stereocenters. The highest BCUT2D eigenvalue weighted by Gasteiger charge is 2.46. The lowest BCUT2D eigenvalue weighted by Crippen LogP contribution is -2.63. The Labute approximate surface area is 122 Å². The van der Waals surface area contributed by atoms with Gasteiger partial charge in [0.15, 0.2) is 0 Å². The molecule has 2 rings (SSSR count). The minimum absolute atomic E-state index is 0.218. The quantitative estimate of drug-likeness (QED) is 0.740. The Hall–Kier alpha value is -0.810. The standard InChI is InChI=1S/C15H28N2O3/c1-13(2,3)19-12(18)17-10-14(4,5)20-15(11-17)6-8-16-9-7-15/h16H,6-11H2,1-5H3. The molecule has 0 aliphatic carbocycles. The van der Waals surface area contributed by atoms with E-state index in [9.17, 15) is 4.79 Å². The van der Waals surface area contributed by atoms with Crippen LogP contribution in [0.2, 0.25) is 0 Å². The van der Waals surface area contributed by atoms with Crippen molar-refractivity contribution < 1.29 is 14.3 Å². The molecule has 0 radical (unpaired) electrons. The molecule has 0 aromatic rings. The number of carbonyl (C=O) groups is 1. The number of ether oxygens (including phenoxy) is 2. The minimum Gasteiger partial charge on any atom is -0.444 e. The van der Waals surface area contributed by atoms with E-state index in [1.54, 1.807) is 0 Å². The third-order valence-corrected chi connectivity index (χ3v) is 3.71. The zero-order valence-electron chi connectivity index (χ0n) is 13.4. The molecule has 0 saturated carbocycles. The molecule has 2 aliphatic rings. The third kappa shape index (κ3) is 3.85. The SMILES string of the molecule is CC(C)(C)OC(=O)N1CC(C)(C)OC2(CCNCC2)C1. The number of hydrogen-bond donors (Lipinski definition) is 1. The zero-order chi connectivity index (χ0) is 15.0. The Morgan fingerprint density at radius 1 is 1.20 bits per heavy atom. The van der Waals surface area contributed by atoms with Crippen molar-refractivity contribution in [2.75, 3.05) is 26.2 Å². The summed E-state index contributed by atoms with van der Waals surface area (Å²) in [5.74, 6) is 0. The fraction of sp³-hybridized carbons (Fsp3) is 0.933. The highest BCUT2D eigenvalue weighted by atomic mass is 16.6. The molecule has 2 fully saturated rings. The van der Waals surface area contributed by atoms with Gasteiger partial charge in [0.25, 0.3) is 0 Å². The van der Waals surface area contributed by atoms with E-state index in [1.165, 1.54) is 0 Å². The van der Waals surface area contributed by atoms with Crippen LogP contribution in [0.1, 0.15) is 47.5 Å². The van der Waals surface area contributed by atoms with Crippen LogP contribution in [0.25, 0.3) is 0 Å². The van der Waals surface area contributed by atoms with Gasteiger partial charge in [-0.25, -0.2) is 4.79 Å². The van der Waals surface area contributed by atoms with Crippen LogP contribution in [-0.2, 0) is 9.47 Å². The van der Waals surface area contributed by atoms with Crippen molar-refractivity contribution >= 4 is 6.09 Å². The predicted molar refractivity (Wildman–Crippen MR) is 77.8 cm³/mol. The maximum atomic E-state index is 12.4. The molecule has 1 spiro atoms. The van der Waals surface area contributed by atoms with Gasteiger partial charge in [0, 0.05) is 0 Å². The van der Waals surface area contributed by atoms with Gasteiger partial charge in [0.2, 0.25) is 0 Å². The van der Waals surface area contributed by atoms with Crippen LogP contribution >= 0.6 is 0 Å². The number of morpholine rings is 1. The average molecular weight is 284 g/mol. The molecule has 2 aliphatic heterocycles. The third-order valence-electron chi connectivity index (χ3n) is 3.71. The molecule has 1 amide bonds. The summed E-state index contributed by atoms with van der Waals surface area (Å²) < 4.78 is 11.8. The fourth-order valence-corrected chi connectivity index (χ4v) is 3.11. The first-order valence-electron chi connectivity index (χ1n) is 7.50. The smallest absolute Gasteiger partial charge is 0.410 e. The van der Waals surface area contributed by atoms with Crippen molar-refractivity contribution in [2.45, 2.75) is 64.3 Å². The molecule has 0 atom stereocenters. The van der Waals surface area contributed by atoms with Gasteiger partial charge in [-0.2, -0.15) is 0 Å². The van der Waals surface area contributed by atoms with Crippen molar-refractivity contribution in [1.82, 2.24) is 10.2 Å². The lowest BCUT2D eigenvalue weighted by Gasteiger charge is -2.51. The summed E-state index contributed by atoms with van der Waals surface area (Å²) >= 11 is 0. The summed E-state index contributed by atoms with van der Waals surface area (Å²) in [6.45, 7) is 12.9. The molecular weight excluding hydrogens is 256 g/mol. The number of rotatable bonds is 0. The van der Waals surface area contributed by atoms with Crippen LogP contribution < -0.4 is 5.32 Å². The number of amides is 1. The predicted octanol–water partition coefficient (Wildman–Crippen LogP) is 2.15. The summed E-state index contributed by atoms with van der Waals surface area (Å²) in [4.78, 5) is 14.2. The lowest BCUT2D eigenvalue weighted by atomic mass is 9.87. The second kappa shape index (κ2) is 5.19. The highest BCUT2D eigenvalue weighted by Crippen LogP contribution is 2.35. The van der Waals surface area contributed by atoms with E-state index in [-0.39, 0.29) is 17.3 Å². The maximum absolute atomic E-state index is 12.4. The molecule has 116 valence electrons. The van der Waals surface area contributed by atoms with Crippen LogP contribution in [0.3, 0.4) is 0 Å². The zero-order valence-corrected chi connectivity index (χ0v) is 13.4. The molecule has 5 heteroatoms. The first kappa shape index (κ1) is 15.6. The van der Waals surface area contributed by atoms with E-state index in [4.69, 9.17) is 9.47 Å². The van der Waals surface area contributed by atoms with Crippen molar-refractivity contribution in [3.05, 3.63) is 0 Å². The van der Waals surface area contributed by atoms with Gasteiger partial charge in [-0.15, -0.1) is 0 Å². The number of hydrogen-bond acceptors (Lipinski definition) is 4. The van der Waals surface area contributed by atoms with Crippen LogP contribution in [0.15, 0.2) is 0 Å². The van der Waals surface area contributed by atoms with Crippen LogP contribution in [-0.4, -0.2) is 54.0 Å². The van der Waals surface area contributed by atoms with Gasteiger partial charge >= 0.3 is 6.09 Å². The average Bonchev–Trinajstić information content (AvgIpc) is 2.25. The summed E-state index contributed by atoms with van der Waals surface area (Å²) in [6, 6.07) is 0. The number of nitrogens with one attached hydrogen (secondary N) is 1. The molecule has 2 heterocycles. The Bertz CT molecular complexity index is 368. The van der Waals surface area contributed by atoms with E-state index in [1.807, 2.05) is 39.5 Å². The lowest BCUT2D eigenvalue weighted by molar-refractivity contribution is -0.201. The Morgan fingerprint density at radius 2 is 1.80 bits per heavy atom. The molecule has 0 aromatic carbocycles. The molecular formula is C15H28N2O3. The Morgan fingerprint density at radius 3 is 2.35 bits per heavy atom. The first-order chi connectivity index (χ1) is 9.11.